The standard InChI is InChI=1S/C13H29N3/c1-6-7-10-15-12(14-5)16-11-8-9-13(2,3)4/h6-11H2,1-5H3,(H2,14,15,16). The number of nitrogens with zero attached hydrogens (tertiary/aromatic N) is 1. The van der Waals surface area contributed by atoms with Crippen molar-refractivity contribution in [3.05, 3.63) is 0 Å². The molecule has 0 aliphatic heterocycles. The van der Waals surface area contributed by atoms with Crippen LogP contribution in [0.25, 0.3) is 0 Å². The Kier molecular flexibility index (Phi) is 8.04. The molecule has 0 atom stereocenters. The molecule has 0 saturated heterocycles. The van der Waals surface area contributed by atoms with Crippen molar-refractivity contribution < 1.29 is 0 Å². The molecule has 16 heavy (non-hydrogen) atoms. The first-order valence-electron chi connectivity index (χ1n) is 6.44. The van der Waals surface area contributed by atoms with Gasteiger partial charge in [0.1, 0.15) is 0 Å². The summed E-state index contributed by atoms with van der Waals surface area (Å²) < 4.78 is 0. The summed E-state index contributed by atoms with van der Waals surface area (Å²) in [6, 6.07) is 0. The molecule has 0 spiro atoms. The van der Waals surface area contributed by atoms with Crippen molar-refractivity contribution in [2.75, 3.05) is 20.1 Å². The minimum absolute atomic E-state index is 0.431. The highest BCUT2D eigenvalue weighted by atomic mass is 15.2. The first kappa shape index (κ1) is 15.3. The van der Waals surface area contributed by atoms with Crippen LogP contribution in [0.15, 0.2) is 4.99 Å². The van der Waals surface area contributed by atoms with Gasteiger partial charge in [0.2, 0.25) is 0 Å². The number of guanidine groups is 1. The lowest BCUT2D eigenvalue weighted by molar-refractivity contribution is 0.365. The average Bonchev–Trinajstić information content (AvgIpc) is 2.20. The molecule has 0 saturated carbocycles. The van der Waals surface area contributed by atoms with Gasteiger partial charge in [-0.15, -0.1) is 0 Å². The van der Waals surface area contributed by atoms with Gasteiger partial charge in [-0.05, 0) is 24.7 Å². The Morgan fingerprint density at radius 1 is 1.06 bits per heavy atom. The molecular formula is C13H29N3. The minimum Gasteiger partial charge on any atom is -0.356 e. The van der Waals surface area contributed by atoms with Crippen molar-refractivity contribution in [1.82, 2.24) is 10.6 Å². The number of rotatable bonds is 6. The third-order valence-electron chi connectivity index (χ3n) is 2.44. The first-order chi connectivity index (χ1) is 7.49. The molecule has 0 aromatic carbocycles. The zero-order valence-corrected chi connectivity index (χ0v) is 11.7. The van der Waals surface area contributed by atoms with E-state index in [0.717, 1.165) is 19.0 Å². The lowest BCUT2D eigenvalue weighted by Gasteiger charge is -2.18. The molecule has 0 unspecified atom stereocenters. The van der Waals surface area contributed by atoms with E-state index >= 15 is 0 Å². The van der Waals surface area contributed by atoms with Gasteiger partial charge in [0.05, 0.1) is 0 Å². The highest BCUT2D eigenvalue weighted by Crippen LogP contribution is 2.19. The summed E-state index contributed by atoms with van der Waals surface area (Å²) in [5.41, 5.74) is 0.431. The monoisotopic (exact) mass is 227 g/mol. The number of hydrogen-bond acceptors (Lipinski definition) is 1. The van der Waals surface area contributed by atoms with Crippen LogP contribution in [-0.4, -0.2) is 26.1 Å². The molecular weight excluding hydrogens is 198 g/mol. The topological polar surface area (TPSA) is 36.4 Å². The predicted molar refractivity (Wildman–Crippen MR) is 73.0 cm³/mol. The fourth-order valence-corrected chi connectivity index (χ4v) is 1.43. The molecule has 0 bridgehead atoms. The second-order valence-electron chi connectivity index (χ2n) is 5.44. The molecule has 0 rings (SSSR count). The van der Waals surface area contributed by atoms with Gasteiger partial charge in [0.25, 0.3) is 0 Å². The van der Waals surface area contributed by atoms with Crippen LogP contribution >= 0.6 is 0 Å². The zero-order chi connectivity index (χ0) is 12.4. The van der Waals surface area contributed by atoms with E-state index in [1.807, 2.05) is 7.05 Å². The van der Waals surface area contributed by atoms with Gasteiger partial charge in [-0.3, -0.25) is 4.99 Å². The van der Waals surface area contributed by atoms with Crippen LogP contribution < -0.4 is 10.6 Å². The fraction of sp³-hybridized carbons (Fsp3) is 0.923. The highest BCUT2D eigenvalue weighted by Gasteiger charge is 2.08. The summed E-state index contributed by atoms with van der Waals surface area (Å²) in [6.45, 7) is 11.0. The second kappa shape index (κ2) is 8.43. The van der Waals surface area contributed by atoms with Crippen molar-refractivity contribution in [3.63, 3.8) is 0 Å². The molecule has 2 N–H and O–H groups in total. The van der Waals surface area contributed by atoms with E-state index in [4.69, 9.17) is 0 Å². The Morgan fingerprint density at radius 2 is 1.62 bits per heavy atom. The van der Waals surface area contributed by atoms with Crippen LogP contribution in [0.3, 0.4) is 0 Å². The molecule has 0 heterocycles. The van der Waals surface area contributed by atoms with Crippen molar-refractivity contribution >= 4 is 5.96 Å². The number of hydrogen-bond donors (Lipinski definition) is 2. The molecule has 0 aliphatic rings. The largest absolute Gasteiger partial charge is 0.356 e. The average molecular weight is 227 g/mol. The number of aliphatic imine (C=N–C) groups is 1. The molecule has 3 nitrogen and oxygen atoms in total. The maximum absolute atomic E-state index is 4.19. The van der Waals surface area contributed by atoms with E-state index in [-0.39, 0.29) is 0 Å². The Hall–Kier alpha value is -0.730. The first-order valence-corrected chi connectivity index (χ1v) is 6.44. The summed E-state index contributed by atoms with van der Waals surface area (Å²) in [5, 5.41) is 6.65. The van der Waals surface area contributed by atoms with Gasteiger partial charge in [-0.1, -0.05) is 34.1 Å². The number of nitrogens with one attached hydrogen (secondary N) is 2. The fourth-order valence-electron chi connectivity index (χ4n) is 1.43. The van der Waals surface area contributed by atoms with Crippen molar-refractivity contribution in [2.45, 2.75) is 53.4 Å². The number of unbranched alkanes of at least 4 members (excludes halogenated alkanes) is 1. The van der Waals surface area contributed by atoms with E-state index in [9.17, 15) is 0 Å². The second-order valence-corrected chi connectivity index (χ2v) is 5.44. The quantitative estimate of drug-likeness (QED) is 0.416. The Labute approximate surface area is 101 Å². The Balaban J connectivity index is 3.57. The van der Waals surface area contributed by atoms with Crippen LogP contribution in [0.1, 0.15) is 53.4 Å². The van der Waals surface area contributed by atoms with E-state index in [1.165, 1.54) is 25.7 Å². The molecule has 3 heteroatoms. The third-order valence-corrected chi connectivity index (χ3v) is 2.44. The van der Waals surface area contributed by atoms with E-state index < -0.39 is 0 Å². The van der Waals surface area contributed by atoms with Crippen molar-refractivity contribution in [1.29, 1.82) is 0 Å². The maximum Gasteiger partial charge on any atom is 0.190 e. The molecule has 96 valence electrons. The molecule has 0 aromatic rings. The van der Waals surface area contributed by atoms with Crippen LogP contribution in [0.5, 0.6) is 0 Å². The minimum atomic E-state index is 0.431. The predicted octanol–water partition coefficient (Wildman–Crippen LogP) is 2.78. The van der Waals surface area contributed by atoms with Gasteiger partial charge in [0, 0.05) is 20.1 Å². The van der Waals surface area contributed by atoms with Crippen molar-refractivity contribution in [3.8, 4) is 0 Å². The molecule has 0 aliphatic carbocycles. The molecule has 0 aromatic heterocycles. The smallest absolute Gasteiger partial charge is 0.190 e. The van der Waals surface area contributed by atoms with Crippen LogP contribution in [0, 0.1) is 5.41 Å². The SMILES string of the molecule is CCCCNC(=NC)NCCCC(C)(C)C. The summed E-state index contributed by atoms with van der Waals surface area (Å²) in [7, 11) is 1.82. The summed E-state index contributed by atoms with van der Waals surface area (Å²) >= 11 is 0. The third kappa shape index (κ3) is 9.81. The van der Waals surface area contributed by atoms with Gasteiger partial charge in [-0.25, -0.2) is 0 Å². The normalized spacial score (nSPS) is 12.7. The van der Waals surface area contributed by atoms with Gasteiger partial charge >= 0.3 is 0 Å². The van der Waals surface area contributed by atoms with Crippen LogP contribution in [0.4, 0.5) is 0 Å². The van der Waals surface area contributed by atoms with Crippen LogP contribution in [-0.2, 0) is 0 Å². The van der Waals surface area contributed by atoms with E-state index in [2.05, 4.69) is 43.3 Å². The van der Waals surface area contributed by atoms with Crippen molar-refractivity contribution in [2.24, 2.45) is 10.4 Å². The van der Waals surface area contributed by atoms with Gasteiger partial charge in [0.15, 0.2) is 5.96 Å². The van der Waals surface area contributed by atoms with Gasteiger partial charge < -0.3 is 10.6 Å². The Morgan fingerprint density at radius 3 is 2.06 bits per heavy atom. The summed E-state index contributed by atoms with van der Waals surface area (Å²) in [5.74, 6) is 0.933. The molecule has 0 radical (unpaired) electrons. The van der Waals surface area contributed by atoms with E-state index in [1.54, 1.807) is 0 Å². The maximum atomic E-state index is 4.19. The Bertz CT molecular complexity index is 192. The van der Waals surface area contributed by atoms with E-state index in [0.29, 0.717) is 5.41 Å². The van der Waals surface area contributed by atoms with Gasteiger partial charge in [-0.2, -0.15) is 0 Å². The molecule has 0 fully saturated rings. The lowest BCUT2D eigenvalue weighted by atomic mass is 9.91. The van der Waals surface area contributed by atoms with Crippen LogP contribution in [0.2, 0.25) is 0 Å². The summed E-state index contributed by atoms with van der Waals surface area (Å²) in [4.78, 5) is 4.19. The summed E-state index contributed by atoms with van der Waals surface area (Å²) in [6.07, 6.45) is 4.85. The zero-order valence-electron chi connectivity index (χ0n) is 11.7. The molecule has 0 amide bonds. The lowest BCUT2D eigenvalue weighted by Crippen LogP contribution is -2.38. The highest BCUT2D eigenvalue weighted by molar-refractivity contribution is 5.79.